The van der Waals surface area contributed by atoms with E-state index in [2.05, 4.69) is 38.3 Å². The molecule has 2 bridgehead atoms. The average Bonchev–Trinajstić information content (AvgIpc) is 2.59. The molecule has 0 spiro atoms. The van der Waals surface area contributed by atoms with Crippen molar-refractivity contribution in [3.8, 4) is 0 Å². The van der Waals surface area contributed by atoms with Gasteiger partial charge in [-0.05, 0) is 50.2 Å². The Labute approximate surface area is 151 Å². The van der Waals surface area contributed by atoms with Crippen LogP contribution in [0.15, 0.2) is 52.1 Å². The molecule has 3 rings (SSSR count). The summed E-state index contributed by atoms with van der Waals surface area (Å²) in [7, 11) is 0. The molecule has 3 heteroatoms. The van der Waals surface area contributed by atoms with E-state index in [1.54, 1.807) is 0 Å². The number of fused-ring (bicyclic) bond motifs is 2. The first-order valence-corrected chi connectivity index (χ1v) is 9.62. The monoisotopic (exact) mass is 338 g/mol. The zero-order chi connectivity index (χ0) is 17.9. The molecule has 0 aromatic heterocycles. The van der Waals surface area contributed by atoms with Crippen LogP contribution in [-0.4, -0.2) is 17.7 Å². The minimum Gasteiger partial charge on any atom is -0.366 e. The molecule has 2 N–H and O–H groups in total. The number of primary amides is 1. The van der Waals surface area contributed by atoms with Crippen LogP contribution in [0, 0.1) is 11.8 Å². The Morgan fingerprint density at radius 3 is 2.76 bits per heavy atom. The molecule has 134 valence electrons. The van der Waals surface area contributed by atoms with Crippen molar-refractivity contribution in [2.45, 2.75) is 64.3 Å². The average molecular weight is 338 g/mol. The van der Waals surface area contributed by atoms with Gasteiger partial charge in [0.1, 0.15) is 5.54 Å². The van der Waals surface area contributed by atoms with Gasteiger partial charge in [0.25, 0.3) is 0 Å². The highest BCUT2D eigenvalue weighted by Gasteiger charge is 2.44. The fraction of sp³-hybridized carbons (Fsp3) is 0.545. The zero-order valence-electron chi connectivity index (χ0n) is 15.5. The fourth-order valence-electron chi connectivity index (χ4n) is 4.73. The lowest BCUT2D eigenvalue weighted by atomic mass is 9.64. The van der Waals surface area contributed by atoms with Gasteiger partial charge in [0.05, 0.1) is 0 Å². The van der Waals surface area contributed by atoms with Crippen LogP contribution in [0.2, 0.25) is 0 Å². The van der Waals surface area contributed by atoms with Crippen LogP contribution in [0.1, 0.15) is 58.8 Å². The molecule has 1 saturated carbocycles. The number of amides is 1. The Morgan fingerprint density at radius 1 is 1.32 bits per heavy atom. The summed E-state index contributed by atoms with van der Waals surface area (Å²) in [5.41, 5.74) is 8.88. The molecule has 1 amide bonds. The summed E-state index contributed by atoms with van der Waals surface area (Å²) in [6.45, 7) is 4.31. The molecule has 3 aliphatic rings. The van der Waals surface area contributed by atoms with E-state index in [1.165, 1.54) is 49.3 Å². The Morgan fingerprint density at radius 2 is 2.08 bits per heavy atom. The standard InChI is InChI=1S/C22H30N2O/c1-3-20-18-9-10-19(11-12-21(23)25)22(20,14-16(2)13-18)24-15-17-7-5-4-6-8-17/h3,10-13,15,17-18H,4-9,14H2,1-2H3,(H2,23,25)/b12-11-,20-3+,24-15-. The van der Waals surface area contributed by atoms with Crippen LogP contribution in [0.4, 0.5) is 0 Å². The van der Waals surface area contributed by atoms with E-state index in [0.717, 1.165) is 18.4 Å². The second kappa shape index (κ2) is 7.55. The van der Waals surface area contributed by atoms with Gasteiger partial charge in [-0.3, -0.25) is 9.79 Å². The smallest absolute Gasteiger partial charge is 0.241 e. The van der Waals surface area contributed by atoms with Crippen LogP contribution in [-0.2, 0) is 4.79 Å². The molecule has 1 fully saturated rings. The van der Waals surface area contributed by atoms with Crippen molar-refractivity contribution < 1.29 is 4.79 Å². The summed E-state index contributed by atoms with van der Waals surface area (Å²) in [4.78, 5) is 16.5. The number of carbonyl (C=O) groups excluding carboxylic acids is 1. The van der Waals surface area contributed by atoms with Crippen molar-refractivity contribution in [1.82, 2.24) is 0 Å². The lowest BCUT2D eigenvalue weighted by molar-refractivity contribution is -0.113. The Bertz CT molecular complexity index is 674. The van der Waals surface area contributed by atoms with Crippen molar-refractivity contribution >= 4 is 12.1 Å². The SMILES string of the molecule is C/C=C1\C2C=C(C)CC1(/N=C\C1CCCCC1)C(/C=C\C(N)=O)=CC2. The van der Waals surface area contributed by atoms with E-state index >= 15 is 0 Å². The maximum absolute atomic E-state index is 11.3. The van der Waals surface area contributed by atoms with Crippen LogP contribution in [0.5, 0.6) is 0 Å². The first-order valence-electron chi connectivity index (χ1n) is 9.62. The molecule has 2 unspecified atom stereocenters. The van der Waals surface area contributed by atoms with Gasteiger partial charge in [0.15, 0.2) is 0 Å². The molecule has 25 heavy (non-hydrogen) atoms. The highest BCUT2D eigenvalue weighted by atomic mass is 16.1. The first kappa shape index (κ1) is 17.9. The number of hydrogen-bond donors (Lipinski definition) is 1. The Hall–Kier alpha value is -1.90. The lowest BCUT2D eigenvalue weighted by Crippen LogP contribution is -2.40. The summed E-state index contributed by atoms with van der Waals surface area (Å²) in [5.74, 6) is 0.613. The van der Waals surface area contributed by atoms with Crippen molar-refractivity contribution in [3.63, 3.8) is 0 Å². The van der Waals surface area contributed by atoms with Gasteiger partial charge in [-0.1, -0.05) is 49.1 Å². The second-order valence-electron chi connectivity index (χ2n) is 7.71. The molecule has 3 aliphatic carbocycles. The summed E-state index contributed by atoms with van der Waals surface area (Å²) in [5, 5.41) is 0. The first-order chi connectivity index (χ1) is 12.0. The van der Waals surface area contributed by atoms with Gasteiger partial charge in [-0.15, -0.1) is 0 Å². The van der Waals surface area contributed by atoms with Gasteiger partial charge in [0, 0.05) is 24.6 Å². The minimum atomic E-state index is -0.403. The number of rotatable bonds is 4. The largest absolute Gasteiger partial charge is 0.366 e. The molecule has 0 aliphatic heterocycles. The molecule has 0 heterocycles. The van der Waals surface area contributed by atoms with E-state index in [9.17, 15) is 4.79 Å². The molecule has 3 nitrogen and oxygen atoms in total. The van der Waals surface area contributed by atoms with Crippen molar-refractivity contribution in [1.29, 1.82) is 0 Å². The number of allylic oxidation sites excluding steroid dienone is 3. The van der Waals surface area contributed by atoms with Gasteiger partial charge in [-0.2, -0.15) is 0 Å². The van der Waals surface area contributed by atoms with Crippen molar-refractivity contribution in [3.05, 3.63) is 47.1 Å². The van der Waals surface area contributed by atoms with Crippen molar-refractivity contribution in [2.24, 2.45) is 22.6 Å². The van der Waals surface area contributed by atoms with E-state index in [-0.39, 0.29) is 5.54 Å². The summed E-state index contributed by atoms with van der Waals surface area (Å²) < 4.78 is 0. The molecule has 2 atom stereocenters. The fourth-order valence-corrected chi connectivity index (χ4v) is 4.73. The third-order valence-electron chi connectivity index (χ3n) is 5.86. The van der Waals surface area contributed by atoms with Crippen LogP contribution >= 0.6 is 0 Å². The highest BCUT2D eigenvalue weighted by Crippen LogP contribution is 2.49. The third kappa shape index (κ3) is 3.70. The Kier molecular flexibility index (Phi) is 5.41. The highest BCUT2D eigenvalue weighted by molar-refractivity contribution is 5.86. The second-order valence-corrected chi connectivity index (χ2v) is 7.71. The number of nitrogens with zero attached hydrogens (tertiary/aromatic N) is 1. The molecule has 0 radical (unpaired) electrons. The molecular formula is C22H30N2O. The van der Waals surface area contributed by atoms with E-state index < -0.39 is 5.91 Å². The number of carbonyl (C=O) groups is 1. The molecule has 0 saturated heterocycles. The van der Waals surface area contributed by atoms with Gasteiger partial charge in [-0.25, -0.2) is 0 Å². The normalized spacial score (nSPS) is 32.2. The van der Waals surface area contributed by atoms with E-state index in [0.29, 0.717) is 11.8 Å². The van der Waals surface area contributed by atoms with Crippen LogP contribution in [0.3, 0.4) is 0 Å². The topological polar surface area (TPSA) is 55.4 Å². The number of aliphatic imine (C=N–C) groups is 1. The summed E-state index contributed by atoms with van der Waals surface area (Å²) >= 11 is 0. The van der Waals surface area contributed by atoms with Gasteiger partial charge in [0.2, 0.25) is 5.91 Å². The lowest BCUT2D eigenvalue weighted by Gasteiger charge is -2.44. The molecular weight excluding hydrogens is 308 g/mol. The van der Waals surface area contributed by atoms with Gasteiger partial charge < -0.3 is 5.73 Å². The van der Waals surface area contributed by atoms with Crippen LogP contribution < -0.4 is 5.73 Å². The third-order valence-corrected chi connectivity index (χ3v) is 5.86. The van der Waals surface area contributed by atoms with E-state index in [1.807, 2.05) is 6.08 Å². The molecule has 0 aromatic carbocycles. The minimum absolute atomic E-state index is 0.347. The van der Waals surface area contributed by atoms with Crippen LogP contribution in [0.25, 0.3) is 0 Å². The maximum atomic E-state index is 11.3. The quantitative estimate of drug-likeness (QED) is 0.452. The van der Waals surface area contributed by atoms with Gasteiger partial charge >= 0.3 is 0 Å². The predicted octanol–water partition coefficient (Wildman–Crippen LogP) is 4.66. The molecule has 0 aromatic rings. The van der Waals surface area contributed by atoms with Crippen molar-refractivity contribution in [2.75, 3.05) is 0 Å². The predicted molar refractivity (Wildman–Crippen MR) is 104 cm³/mol. The van der Waals surface area contributed by atoms with E-state index in [4.69, 9.17) is 10.7 Å². The summed E-state index contributed by atoms with van der Waals surface area (Å²) in [6.07, 6.45) is 20.8. The maximum Gasteiger partial charge on any atom is 0.241 e. The number of hydrogen-bond acceptors (Lipinski definition) is 2. The number of nitrogens with two attached hydrogens (primary N) is 1. The Balaban J connectivity index is 2.00. The zero-order valence-corrected chi connectivity index (χ0v) is 15.5. The summed E-state index contributed by atoms with van der Waals surface area (Å²) in [6, 6.07) is 0.